The van der Waals surface area contributed by atoms with Crippen molar-refractivity contribution < 1.29 is 14.3 Å². The van der Waals surface area contributed by atoms with Gasteiger partial charge in [-0.2, -0.15) is 0 Å². The van der Waals surface area contributed by atoms with Gasteiger partial charge in [0.2, 0.25) is 5.91 Å². The summed E-state index contributed by atoms with van der Waals surface area (Å²) in [7, 11) is 0. The number of thiocarbonyl (C=S) groups is 1. The summed E-state index contributed by atoms with van der Waals surface area (Å²) < 4.78 is 5.22. The van der Waals surface area contributed by atoms with Gasteiger partial charge in [-0.25, -0.2) is 4.79 Å². The molecule has 0 atom stereocenters. The van der Waals surface area contributed by atoms with Crippen LogP contribution in [0.3, 0.4) is 0 Å². The fourth-order valence-corrected chi connectivity index (χ4v) is 5.07. The molecule has 0 unspecified atom stereocenters. The van der Waals surface area contributed by atoms with Crippen LogP contribution in [0.4, 0.5) is 5.00 Å². The fourth-order valence-electron chi connectivity index (χ4n) is 2.90. The molecule has 0 spiro atoms. The molecule has 1 aliphatic rings. The van der Waals surface area contributed by atoms with Gasteiger partial charge in [0, 0.05) is 15.8 Å². The highest BCUT2D eigenvalue weighted by atomic mass is 32.1. The Balaban J connectivity index is 1.70. The lowest BCUT2D eigenvalue weighted by molar-refractivity contribution is -0.115. The maximum atomic E-state index is 12.4. The molecule has 0 aromatic carbocycles. The van der Waals surface area contributed by atoms with Crippen molar-refractivity contribution in [2.75, 3.05) is 11.9 Å². The molecule has 27 heavy (non-hydrogen) atoms. The summed E-state index contributed by atoms with van der Waals surface area (Å²) in [6, 6.07) is 3.84. The lowest BCUT2D eigenvalue weighted by atomic mass is 9.95. The van der Waals surface area contributed by atoms with E-state index in [1.165, 1.54) is 22.3 Å². The van der Waals surface area contributed by atoms with E-state index >= 15 is 0 Å². The number of carbonyl (C=O) groups excluding carboxylic acids is 2. The third-order valence-corrected chi connectivity index (χ3v) is 6.31. The smallest absolute Gasteiger partial charge is 0.341 e. The van der Waals surface area contributed by atoms with Gasteiger partial charge in [0.05, 0.1) is 12.2 Å². The molecule has 0 radical (unpaired) electrons. The van der Waals surface area contributed by atoms with Gasteiger partial charge in [0.25, 0.3) is 0 Å². The Hall–Kier alpha value is -2.03. The third-order valence-electron chi connectivity index (χ3n) is 4.06. The van der Waals surface area contributed by atoms with E-state index < -0.39 is 0 Å². The first-order valence-corrected chi connectivity index (χ1v) is 10.8. The van der Waals surface area contributed by atoms with Gasteiger partial charge in [-0.1, -0.05) is 6.07 Å². The number of fused-ring (bicyclic) bond motifs is 1. The van der Waals surface area contributed by atoms with E-state index in [0.717, 1.165) is 36.1 Å². The number of hydrogen-bond acceptors (Lipinski definition) is 6. The SMILES string of the molecule is CCOC(=O)c1c(NC(=S)NC(=O)C=Cc2cccs2)sc2c1CCCC2. The van der Waals surface area contributed by atoms with Crippen LogP contribution in [0.1, 0.15) is 45.4 Å². The van der Waals surface area contributed by atoms with Crippen molar-refractivity contribution in [2.24, 2.45) is 0 Å². The van der Waals surface area contributed by atoms with Gasteiger partial charge < -0.3 is 10.1 Å². The van der Waals surface area contributed by atoms with E-state index in [4.69, 9.17) is 17.0 Å². The number of amides is 1. The van der Waals surface area contributed by atoms with Crippen LogP contribution >= 0.6 is 34.9 Å². The number of carbonyl (C=O) groups is 2. The van der Waals surface area contributed by atoms with Crippen molar-refractivity contribution in [2.45, 2.75) is 32.6 Å². The largest absolute Gasteiger partial charge is 0.462 e. The van der Waals surface area contributed by atoms with Crippen LogP contribution in [0.5, 0.6) is 0 Å². The van der Waals surface area contributed by atoms with Crippen LogP contribution in [0.15, 0.2) is 23.6 Å². The maximum absolute atomic E-state index is 12.4. The second kappa shape index (κ2) is 9.25. The summed E-state index contributed by atoms with van der Waals surface area (Å²) in [6.45, 7) is 2.10. The number of hydrogen-bond donors (Lipinski definition) is 2. The van der Waals surface area contributed by atoms with Gasteiger partial charge in [-0.15, -0.1) is 22.7 Å². The first kappa shape index (κ1) is 19.7. The first-order valence-electron chi connectivity index (χ1n) is 8.73. The Kier molecular flexibility index (Phi) is 6.76. The lowest BCUT2D eigenvalue weighted by Gasteiger charge is -2.12. The minimum atomic E-state index is -0.342. The van der Waals surface area contributed by atoms with E-state index in [9.17, 15) is 9.59 Å². The summed E-state index contributed by atoms with van der Waals surface area (Å²) in [5.41, 5.74) is 1.61. The topological polar surface area (TPSA) is 67.4 Å². The molecular weight excluding hydrogens is 400 g/mol. The van der Waals surface area contributed by atoms with Gasteiger partial charge in [0.15, 0.2) is 5.11 Å². The normalized spacial score (nSPS) is 13.2. The molecule has 0 aliphatic heterocycles. The first-order chi connectivity index (χ1) is 13.1. The Bertz CT molecular complexity index is 869. The van der Waals surface area contributed by atoms with Gasteiger partial charge in [0.1, 0.15) is 5.00 Å². The predicted octanol–water partition coefficient (Wildman–Crippen LogP) is 4.39. The second-order valence-corrected chi connectivity index (χ2v) is 8.42. The van der Waals surface area contributed by atoms with Crippen molar-refractivity contribution >= 4 is 63.0 Å². The lowest BCUT2D eigenvalue weighted by Crippen LogP contribution is -2.33. The predicted molar refractivity (Wildman–Crippen MR) is 115 cm³/mol. The standard InChI is InChI=1S/C19H20N2O3S3/c1-2-24-18(23)16-13-7-3-4-8-14(13)27-17(16)21-19(25)20-15(22)10-9-12-6-5-11-26-12/h5-6,9-11H,2-4,7-8H2,1H3,(H2,20,21,22,25). The van der Waals surface area contributed by atoms with Gasteiger partial charge in [-0.3, -0.25) is 10.1 Å². The average Bonchev–Trinajstić information content (AvgIpc) is 3.27. The summed E-state index contributed by atoms with van der Waals surface area (Å²) >= 11 is 8.32. The summed E-state index contributed by atoms with van der Waals surface area (Å²) in [6.07, 6.45) is 7.16. The van der Waals surface area contributed by atoms with E-state index in [-0.39, 0.29) is 17.0 Å². The zero-order valence-corrected chi connectivity index (χ0v) is 17.3. The number of nitrogens with one attached hydrogen (secondary N) is 2. The zero-order valence-electron chi connectivity index (χ0n) is 14.9. The molecule has 142 valence electrons. The Morgan fingerprint density at radius 1 is 1.33 bits per heavy atom. The highest BCUT2D eigenvalue weighted by molar-refractivity contribution is 7.80. The highest BCUT2D eigenvalue weighted by Crippen LogP contribution is 2.38. The fraction of sp³-hybridized carbons (Fsp3) is 0.316. The molecule has 1 amide bonds. The van der Waals surface area contributed by atoms with Crippen molar-refractivity contribution in [3.63, 3.8) is 0 Å². The zero-order chi connectivity index (χ0) is 19.2. The Morgan fingerprint density at radius 3 is 2.89 bits per heavy atom. The van der Waals surface area contributed by atoms with Crippen molar-refractivity contribution in [1.29, 1.82) is 0 Å². The van der Waals surface area contributed by atoms with Crippen LogP contribution in [0.25, 0.3) is 6.08 Å². The number of aryl methyl sites for hydroxylation is 1. The van der Waals surface area contributed by atoms with Crippen LogP contribution in [0.2, 0.25) is 0 Å². The van der Waals surface area contributed by atoms with Gasteiger partial charge in [-0.05, 0) is 67.9 Å². The molecule has 0 bridgehead atoms. The van der Waals surface area contributed by atoms with Crippen LogP contribution in [-0.4, -0.2) is 23.6 Å². The maximum Gasteiger partial charge on any atom is 0.341 e. The number of rotatable bonds is 5. The quantitative estimate of drug-likeness (QED) is 0.427. The number of anilines is 1. The Morgan fingerprint density at radius 2 is 2.15 bits per heavy atom. The van der Waals surface area contributed by atoms with E-state index in [1.807, 2.05) is 17.5 Å². The van der Waals surface area contributed by atoms with Crippen molar-refractivity contribution in [1.82, 2.24) is 5.32 Å². The average molecular weight is 421 g/mol. The molecule has 1 aliphatic carbocycles. The number of esters is 1. The number of thiophene rings is 2. The molecule has 2 N–H and O–H groups in total. The van der Waals surface area contributed by atoms with Gasteiger partial charge >= 0.3 is 5.97 Å². The summed E-state index contributed by atoms with van der Waals surface area (Å²) in [4.78, 5) is 26.7. The summed E-state index contributed by atoms with van der Waals surface area (Å²) in [5, 5.41) is 8.40. The minimum Gasteiger partial charge on any atom is -0.462 e. The molecule has 0 fully saturated rings. The van der Waals surface area contributed by atoms with E-state index in [1.54, 1.807) is 24.3 Å². The van der Waals surface area contributed by atoms with Crippen LogP contribution < -0.4 is 10.6 Å². The monoisotopic (exact) mass is 420 g/mol. The Labute approximate surface area is 171 Å². The van der Waals surface area contributed by atoms with Crippen LogP contribution in [-0.2, 0) is 22.4 Å². The third kappa shape index (κ3) is 5.03. The molecule has 2 heterocycles. The van der Waals surface area contributed by atoms with E-state index in [2.05, 4.69) is 10.6 Å². The number of ether oxygens (including phenoxy) is 1. The second-order valence-electron chi connectivity index (χ2n) is 5.93. The molecule has 2 aromatic rings. The molecule has 5 nitrogen and oxygen atoms in total. The molecule has 3 rings (SSSR count). The molecular formula is C19H20N2O3S3. The highest BCUT2D eigenvalue weighted by Gasteiger charge is 2.26. The summed E-state index contributed by atoms with van der Waals surface area (Å²) in [5.74, 6) is -0.661. The molecule has 2 aromatic heterocycles. The molecule has 0 saturated heterocycles. The molecule has 8 heteroatoms. The minimum absolute atomic E-state index is 0.167. The van der Waals surface area contributed by atoms with Crippen LogP contribution in [0, 0.1) is 0 Å². The molecule has 0 saturated carbocycles. The van der Waals surface area contributed by atoms with Crippen molar-refractivity contribution in [3.8, 4) is 0 Å². The van der Waals surface area contributed by atoms with Crippen molar-refractivity contribution in [3.05, 3.63) is 44.5 Å². The van der Waals surface area contributed by atoms with E-state index in [0.29, 0.717) is 17.2 Å².